The topological polar surface area (TPSA) is 40.5 Å². The second kappa shape index (κ2) is 4.47. The summed E-state index contributed by atoms with van der Waals surface area (Å²) in [6, 6.07) is 5.43. The predicted octanol–water partition coefficient (Wildman–Crippen LogP) is 4.19. The van der Waals surface area contributed by atoms with Crippen LogP contribution in [0.25, 0.3) is 0 Å². The first kappa shape index (κ1) is 13.2. The van der Waals surface area contributed by atoms with Gasteiger partial charge in [0.2, 0.25) is 0 Å². The van der Waals surface area contributed by atoms with Crippen molar-refractivity contribution in [2.24, 2.45) is 5.41 Å². The van der Waals surface area contributed by atoms with Crippen LogP contribution in [-0.2, 0) is 6.42 Å². The molecule has 1 N–H and O–H groups in total. The van der Waals surface area contributed by atoms with Gasteiger partial charge >= 0.3 is 6.09 Å². The van der Waals surface area contributed by atoms with Gasteiger partial charge in [0.05, 0.1) is 5.69 Å². The molecule has 1 aromatic rings. The summed E-state index contributed by atoms with van der Waals surface area (Å²) in [6.45, 7) is 6.23. The van der Waals surface area contributed by atoms with Crippen molar-refractivity contribution in [2.75, 3.05) is 4.90 Å². The lowest BCUT2D eigenvalue weighted by molar-refractivity contribution is 0.186. The van der Waals surface area contributed by atoms with E-state index >= 15 is 0 Å². The minimum atomic E-state index is -0.891. The van der Waals surface area contributed by atoms with E-state index in [0.717, 1.165) is 24.1 Å². The van der Waals surface area contributed by atoms with Crippen LogP contribution in [0.4, 0.5) is 10.5 Å². The largest absolute Gasteiger partial charge is 0.465 e. The summed E-state index contributed by atoms with van der Waals surface area (Å²) in [5.74, 6) is 0. The van der Waals surface area contributed by atoms with Gasteiger partial charge in [0.1, 0.15) is 0 Å². The molecule has 4 heteroatoms. The highest BCUT2D eigenvalue weighted by atomic mass is 35.5. The third-order valence-electron chi connectivity index (χ3n) is 3.51. The fourth-order valence-electron chi connectivity index (χ4n) is 2.64. The van der Waals surface area contributed by atoms with Gasteiger partial charge in [-0.25, -0.2) is 4.79 Å². The average Bonchev–Trinajstić information content (AvgIpc) is 2.25. The van der Waals surface area contributed by atoms with Gasteiger partial charge in [-0.1, -0.05) is 32.4 Å². The van der Waals surface area contributed by atoms with Gasteiger partial charge in [-0.15, -0.1) is 0 Å². The molecule has 1 aliphatic rings. The normalized spacial score (nSPS) is 19.6. The second-order valence-electron chi connectivity index (χ2n) is 5.85. The van der Waals surface area contributed by atoms with E-state index in [4.69, 9.17) is 11.6 Å². The molecule has 3 nitrogen and oxygen atoms in total. The highest BCUT2D eigenvalue weighted by molar-refractivity contribution is 6.30. The molecule has 0 spiro atoms. The average molecular weight is 268 g/mol. The Morgan fingerprint density at radius 3 is 2.67 bits per heavy atom. The van der Waals surface area contributed by atoms with Crippen LogP contribution in [0.1, 0.15) is 32.8 Å². The number of aryl methyl sites for hydroxylation is 1. The van der Waals surface area contributed by atoms with Crippen LogP contribution in [0.5, 0.6) is 0 Å². The number of halogens is 1. The summed E-state index contributed by atoms with van der Waals surface area (Å²) < 4.78 is 0. The maximum atomic E-state index is 11.6. The standard InChI is InChI=1S/C14H18ClNO2/c1-14(2,3)12-7-4-9-8-10(15)5-6-11(9)16(12)13(17)18/h5-6,8,12H,4,7H2,1-3H3,(H,17,18). The van der Waals surface area contributed by atoms with E-state index in [-0.39, 0.29) is 11.5 Å². The molecule has 0 bridgehead atoms. The van der Waals surface area contributed by atoms with E-state index in [2.05, 4.69) is 20.8 Å². The maximum absolute atomic E-state index is 11.6. The number of hydrogen-bond acceptors (Lipinski definition) is 1. The van der Waals surface area contributed by atoms with E-state index in [1.807, 2.05) is 12.1 Å². The first-order valence-corrected chi connectivity index (χ1v) is 6.49. The van der Waals surface area contributed by atoms with Crippen LogP contribution >= 0.6 is 11.6 Å². The number of rotatable bonds is 0. The fourth-order valence-corrected chi connectivity index (χ4v) is 2.83. The van der Waals surface area contributed by atoms with Crippen molar-refractivity contribution in [1.29, 1.82) is 0 Å². The number of amides is 1. The zero-order chi connectivity index (χ0) is 13.5. The molecule has 0 saturated carbocycles. The first-order chi connectivity index (χ1) is 8.30. The molecule has 1 unspecified atom stereocenters. The van der Waals surface area contributed by atoms with Gasteiger partial charge in [0.15, 0.2) is 0 Å². The zero-order valence-corrected chi connectivity index (χ0v) is 11.7. The molecule has 1 aromatic carbocycles. The van der Waals surface area contributed by atoms with Crippen LogP contribution in [0, 0.1) is 5.41 Å². The summed E-state index contributed by atoms with van der Waals surface area (Å²) in [5, 5.41) is 10.1. The van der Waals surface area contributed by atoms with Gasteiger partial charge in [-0.2, -0.15) is 0 Å². The van der Waals surface area contributed by atoms with Crippen LogP contribution < -0.4 is 4.90 Å². The Balaban J connectivity index is 2.49. The van der Waals surface area contributed by atoms with Gasteiger partial charge < -0.3 is 5.11 Å². The molecule has 0 saturated heterocycles. The molecule has 0 aromatic heterocycles. The molecular formula is C14H18ClNO2. The van der Waals surface area contributed by atoms with E-state index < -0.39 is 6.09 Å². The molecule has 0 aliphatic carbocycles. The van der Waals surface area contributed by atoms with E-state index in [1.54, 1.807) is 6.07 Å². The van der Waals surface area contributed by atoms with E-state index in [1.165, 1.54) is 4.90 Å². The van der Waals surface area contributed by atoms with Gasteiger partial charge in [-0.3, -0.25) is 4.90 Å². The third-order valence-corrected chi connectivity index (χ3v) is 3.74. The molecule has 1 heterocycles. The molecule has 18 heavy (non-hydrogen) atoms. The number of anilines is 1. The molecule has 1 amide bonds. The Hall–Kier alpha value is -1.22. The SMILES string of the molecule is CC(C)(C)C1CCc2cc(Cl)ccc2N1C(=O)O. The summed E-state index contributed by atoms with van der Waals surface area (Å²) in [7, 11) is 0. The molecule has 2 rings (SSSR count). The van der Waals surface area contributed by atoms with Crippen LogP contribution in [0.2, 0.25) is 5.02 Å². The fraction of sp³-hybridized carbons (Fsp3) is 0.500. The number of carbonyl (C=O) groups is 1. The maximum Gasteiger partial charge on any atom is 0.412 e. The predicted molar refractivity (Wildman–Crippen MR) is 73.5 cm³/mol. The summed E-state index contributed by atoms with van der Waals surface area (Å²) in [4.78, 5) is 13.0. The van der Waals surface area contributed by atoms with Crippen molar-refractivity contribution in [3.63, 3.8) is 0 Å². The lowest BCUT2D eigenvalue weighted by Crippen LogP contribution is -2.49. The Kier molecular flexibility index (Phi) is 3.28. The number of hydrogen-bond donors (Lipinski definition) is 1. The number of carboxylic acid groups (broad SMARTS) is 1. The zero-order valence-electron chi connectivity index (χ0n) is 10.9. The molecule has 98 valence electrons. The van der Waals surface area contributed by atoms with E-state index in [9.17, 15) is 9.90 Å². The smallest absolute Gasteiger partial charge is 0.412 e. The lowest BCUT2D eigenvalue weighted by Gasteiger charge is -2.42. The lowest BCUT2D eigenvalue weighted by atomic mass is 9.79. The molecule has 0 radical (unpaired) electrons. The minimum absolute atomic E-state index is 0.00340. The summed E-state index contributed by atoms with van der Waals surface area (Å²) >= 11 is 5.96. The van der Waals surface area contributed by atoms with E-state index in [0.29, 0.717) is 5.02 Å². The van der Waals surface area contributed by atoms with Crippen molar-refractivity contribution in [3.05, 3.63) is 28.8 Å². The van der Waals surface area contributed by atoms with Crippen LogP contribution in [0.3, 0.4) is 0 Å². The van der Waals surface area contributed by atoms with Crippen molar-refractivity contribution < 1.29 is 9.90 Å². The van der Waals surface area contributed by atoms with Crippen LogP contribution in [0.15, 0.2) is 18.2 Å². The van der Waals surface area contributed by atoms with Crippen LogP contribution in [-0.4, -0.2) is 17.2 Å². The Morgan fingerprint density at radius 1 is 1.44 bits per heavy atom. The Bertz CT molecular complexity index is 479. The monoisotopic (exact) mass is 267 g/mol. The summed E-state index contributed by atoms with van der Waals surface area (Å²) in [6.07, 6.45) is 0.822. The molecule has 1 atom stereocenters. The molecule has 1 aliphatic heterocycles. The molecular weight excluding hydrogens is 250 g/mol. The molecule has 0 fully saturated rings. The van der Waals surface area contributed by atoms with Crippen molar-refractivity contribution in [3.8, 4) is 0 Å². The van der Waals surface area contributed by atoms with Crippen molar-refractivity contribution >= 4 is 23.4 Å². The number of nitrogens with zero attached hydrogens (tertiary/aromatic N) is 1. The second-order valence-corrected chi connectivity index (χ2v) is 6.28. The third kappa shape index (κ3) is 2.32. The number of benzene rings is 1. The van der Waals surface area contributed by atoms with Crippen molar-refractivity contribution in [1.82, 2.24) is 0 Å². The Labute approximate surface area is 112 Å². The van der Waals surface area contributed by atoms with Gasteiger partial charge in [0, 0.05) is 11.1 Å². The van der Waals surface area contributed by atoms with Gasteiger partial charge in [-0.05, 0) is 42.0 Å². The highest BCUT2D eigenvalue weighted by Gasteiger charge is 2.38. The number of fused-ring (bicyclic) bond motifs is 1. The quantitative estimate of drug-likeness (QED) is 0.766. The van der Waals surface area contributed by atoms with Crippen molar-refractivity contribution in [2.45, 2.75) is 39.7 Å². The Morgan fingerprint density at radius 2 is 2.11 bits per heavy atom. The minimum Gasteiger partial charge on any atom is -0.465 e. The first-order valence-electron chi connectivity index (χ1n) is 6.11. The highest BCUT2D eigenvalue weighted by Crippen LogP contribution is 2.39. The van der Waals surface area contributed by atoms with Gasteiger partial charge in [0.25, 0.3) is 0 Å². The summed E-state index contributed by atoms with van der Waals surface area (Å²) in [5.41, 5.74) is 1.72.